The molecular formula is C18H17ClFNOS. The van der Waals surface area contributed by atoms with E-state index in [-0.39, 0.29) is 10.8 Å². The Hall–Kier alpha value is -1.36. The third kappa shape index (κ3) is 3.94. The molecule has 0 aromatic heterocycles. The number of rotatable bonds is 4. The first-order chi connectivity index (χ1) is 11.1. The maximum atomic E-state index is 13.3. The molecule has 0 radical (unpaired) electrons. The topological polar surface area (TPSA) is 20.3 Å². The number of carbonyl (C=O) groups is 1. The predicted octanol–water partition coefficient (Wildman–Crippen LogP) is 4.26. The second kappa shape index (κ2) is 7.47. The zero-order valence-electron chi connectivity index (χ0n) is 12.6. The summed E-state index contributed by atoms with van der Waals surface area (Å²) in [7, 11) is 0. The van der Waals surface area contributed by atoms with Crippen LogP contribution in [0, 0.1) is 5.82 Å². The lowest BCUT2D eigenvalue weighted by Crippen LogP contribution is -2.32. The molecule has 2 aromatic carbocycles. The fourth-order valence-electron chi connectivity index (χ4n) is 2.67. The Balaban J connectivity index is 1.86. The van der Waals surface area contributed by atoms with Crippen molar-refractivity contribution in [1.29, 1.82) is 0 Å². The highest BCUT2D eigenvalue weighted by Crippen LogP contribution is 2.22. The van der Waals surface area contributed by atoms with Gasteiger partial charge in [0.2, 0.25) is 0 Å². The summed E-state index contributed by atoms with van der Waals surface area (Å²) in [5, 5.41) is -0.0265. The number of hydrogen-bond acceptors (Lipinski definition) is 3. The summed E-state index contributed by atoms with van der Waals surface area (Å²) in [5.41, 5.74) is 2.08. The minimum absolute atomic E-state index is 0.0265. The molecule has 2 nitrogen and oxygen atoms in total. The molecule has 23 heavy (non-hydrogen) atoms. The highest BCUT2D eigenvalue weighted by Gasteiger charge is 2.17. The van der Waals surface area contributed by atoms with E-state index < -0.39 is 5.82 Å². The number of ketones is 1. The first kappa shape index (κ1) is 16.5. The molecule has 1 fully saturated rings. The third-order valence-corrected chi connectivity index (χ3v) is 5.17. The molecular weight excluding hydrogens is 333 g/mol. The van der Waals surface area contributed by atoms with E-state index in [1.54, 1.807) is 0 Å². The number of halogens is 2. The number of hydrogen-bond donors (Lipinski definition) is 0. The molecule has 1 aliphatic rings. The van der Waals surface area contributed by atoms with Crippen molar-refractivity contribution in [3.05, 3.63) is 70.0 Å². The highest BCUT2D eigenvalue weighted by atomic mass is 35.5. The van der Waals surface area contributed by atoms with Gasteiger partial charge in [-0.05, 0) is 23.8 Å². The van der Waals surface area contributed by atoms with E-state index >= 15 is 0 Å². The van der Waals surface area contributed by atoms with Crippen LogP contribution in [0.15, 0.2) is 42.5 Å². The van der Waals surface area contributed by atoms with Gasteiger partial charge in [0, 0.05) is 42.3 Å². The summed E-state index contributed by atoms with van der Waals surface area (Å²) in [5.74, 6) is 1.63. The first-order valence-electron chi connectivity index (χ1n) is 7.53. The fourth-order valence-corrected chi connectivity index (χ4v) is 3.83. The van der Waals surface area contributed by atoms with Crippen molar-refractivity contribution in [2.45, 2.75) is 6.54 Å². The van der Waals surface area contributed by atoms with Crippen LogP contribution in [0.3, 0.4) is 0 Å². The largest absolute Gasteiger partial charge is 0.297 e. The second-order valence-electron chi connectivity index (χ2n) is 5.50. The Labute approximate surface area is 144 Å². The summed E-state index contributed by atoms with van der Waals surface area (Å²) in [4.78, 5) is 15.1. The van der Waals surface area contributed by atoms with Crippen LogP contribution >= 0.6 is 23.4 Å². The van der Waals surface area contributed by atoms with Gasteiger partial charge in [0.25, 0.3) is 0 Å². The second-order valence-corrected chi connectivity index (χ2v) is 7.14. The monoisotopic (exact) mass is 349 g/mol. The van der Waals surface area contributed by atoms with Gasteiger partial charge in [-0.1, -0.05) is 35.9 Å². The lowest BCUT2D eigenvalue weighted by Gasteiger charge is -2.26. The average molecular weight is 350 g/mol. The lowest BCUT2D eigenvalue weighted by molar-refractivity contribution is 0.103. The van der Waals surface area contributed by atoms with Gasteiger partial charge in [0.1, 0.15) is 5.82 Å². The van der Waals surface area contributed by atoms with Crippen LogP contribution in [0.25, 0.3) is 0 Å². The van der Waals surface area contributed by atoms with Gasteiger partial charge >= 0.3 is 0 Å². The molecule has 2 aromatic rings. The van der Waals surface area contributed by atoms with Gasteiger partial charge in [0.05, 0.1) is 5.02 Å². The van der Waals surface area contributed by atoms with Crippen LogP contribution in [0.2, 0.25) is 5.02 Å². The minimum atomic E-state index is -0.512. The van der Waals surface area contributed by atoms with E-state index in [0.29, 0.717) is 11.1 Å². The molecule has 0 amide bonds. The van der Waals surface area contributed by atoms with E-state index in [4.69, 9.17) is 11.6 Å². The maximum Gasteiger partial charge on any atom is 0.193 e. The molecule has 0 aliphatic carbocycles. The lowest BCUT2D eigenvalue weighted by atomic mass is 9.98. The third-order valence-electron chi connectivity index (χ3n) is 3.94. The number of carbonyl (C=O) groups excluding carboxylic acids is 1. The van der Waals surface area contributed by atoms with Crippen LogP contribution < -0.4 is 0 Å². The first-order valence-corrected chi connectivity index (χ1v) is 9.06. The molecule has 0 N–H and O–H groups in total. The zero-order chi connectivity index (χ0) is 16.2. The number of thioether (sulfide) groups is 1. The smallest absolute Gasteiger partial charge is 0.193 e. The van der Waals surface area contributed by atoms with Gasteiger partial charge in [0.15, 0.2) is 5.78 Å². The number of benzene rings is 2. The van der Waals surface area contributed by atoms with E-state index in [9.17, 15) is 9.18 Å². The molecule has 0 spiro atoms. The summed E-state index contributed by atoms with van der Waals surface area (Å²) in [6, 6.07) is 11.7. The highest BCUT2D eigenvalue weighted by molar-refractivity contribution is 7.99. The van der Waals surface area contributed by atoms with Gasteiger partial charge in [-0.3, -0.25) is 9.69 Å². The van der Waals surface area contributed by atoms with Crippen molar-refractivity contribution in [1.82, 2.24) is 4.90 Å². The van der Waals surface area contributed by atoms with E-state index in [1.807, 2.05) is 36.0 Å². The number of nitrogens with zero attached hydrogens (tertiary/aromatic N) is 1. The van der Waals surface area contributed by atoms with Crippen LogP contribution in [-0.4, -0.2) is 35.3 Å². The van der Waals surface area contributed by atoms with Gasteiger partial charge in [-0.2, -0.15) is 11.8 Å². The molecule has 120 valence electrons. The molecule has 1 heterocycles. The Morgan fingerprint density at radius 2 is 1.91 bits per heavy atom. The molecule has 1 saturated heterocycles. The fraction of sp³-hybridized carbons (Fsp3) is 0.278. The Morgan fingerprint density at radius 3 is 2.65 bits per heavy atom. The summed E-state index contributed by atoms with van der Waals surface area (Å²) >= 11 is 7.76. The molecule has 3 rings (SSSR count). The average Bonchev–Trinajstić information content (AvgIpc) is 2.58. The zero-order valence-corrected chi connectivity index (χ0v) is 14.2. The molecule has 0 atom stereocenters. The van der Waals surface area contributed by atoms with Crippen LogP contribution in [-0.2, 0) is 6.54 Å². The van der Waals surface area contributed by atoms with Crippen molar-refractivity contribution in [2.75, 3.05) is 24.6 Å². The SMILES string of the molecule is O=C(c1ccc(F)c(Cl)c1)c1ccccc1CN1CCSCC1. The predicted molar refractivity (Wildman–Crippen MR) is 93.9 cm³/mol. The van der Waals surface area contributed by atoms with E-state index in [2.05, 4.69) is 4.90 Å². The van der Waals surface area contributed by atoms with Gasteiger partial charge < -0.3 is 0 Å². The van der Waals surface area contributed by atoms with E-state index in [1.165, 1.54) is 18.2 Å². The Morgan fingerprint density at radius 1 is 1.17 bits per heavy atom. The van der Waals surface area contributed by atoms with Gasteiger partial charge in [-0.25, -0.2) is 4.39 Å². The standard InChI is InChI=1S/C18H17ClFNOS/c19-16-11-13(5-6-17(16)20)18(22)15-4-2-1-3-14(15)12-21-7-9-23-10-8-21/h1-6,11H,7-10,12H2. The minimum Gasteiger partial charge on any atom is -0.297 e. The van der Waals surface area contributed by atoms with Crippen molar-refractivity contribution in [2.24, 2.45) is 0 Å². The van der Waals surface area contributed by atoms with Crippen molar-refractivity contribution in [3.63, 3.8) is 0 Å². The normalized spacial score (nSPS) is 15.6. The van der Waals surface area contributed by atoms with Crippen LogP contribution in [0.1, 0.15) is 21.5 Å². The van der Waals surface area contributed by atoms with Crippen LogP contribution in [0.5, 0.6) is 0 Å². The van der Waals surface area contributed by atoms with Crippen LogP contribution in [0.4, 0.5) is 4.39 Å². The van der Waals surface area contributed by atoms with E-state index in [0.717, 1.165) is 36.7 Å². The Kier molecular flexibility index (Phi) is 5.36. The molecule has 0 unspecified atom stereocenters. The van der Waals surface area contributed by atoms with Crippen molar-refractivity contribution >= 4 is 29.1 Å². The Bertz CT molecular complexity index is 716. The quantitative estimate of drug-likeness (QED) is 0.769. The maximum absolute atomic E-state index is 13.3. The van der Waals surface area contributed by atoms with Crippen molar-refractivity contribution in [3.8, 4) is 0 Å². The summed E-state index contributed by atoms with van der Waals surface area (Å²) < 4.78 is 13.3. The van der Waals surface area contributed by atoms with Crippen molar-refractivity contribution < 1.29 is 9.18 Å². The molecule has 0 bridgehead atoms. The molecule has 0 saturated carbocycles. The summed E-state index contributed by atoms with van der Waals surface area (Å²) in [6.45, 7) is 2.84. The summed E-state index contributed by atoms with van der Waals surface area (Å²) in [6.07, 6.45) is 0. The van der Waals surface area contributed by atoms with Gasteiger partial charge in [-0.15, -0.1) is 0 Å². The molecule has 5 heteroatoms. The molecule has 1 aliphatic heterocycles.